The Morgan fingerprint density at radius 1 is 1.60 bits per heavy atom. The van der Waals surface area contributed by atoms with E-state index in [1.807, 2.05) is 0 Å². The number of carbonyl (C=O) groups is 3. The molecule has 1 saturated heterocycles. The first kappa shape index (κ1) is 15.1. The van der Waals surface area contributed by atoms with Crippen LogP contribution in [0.1, 0.15) is 6.92 Å². The Bertz CT molecular complexity index is 574. The van der Waals surface area contributed by atoms with Crippen LogP contribution in [-0.2, 0) is 14.4 Å². The van der Waals surface area contributed by atoms with E-state index in [2.05, 4.69) is 0 Å². The summed E-state index contributed by atoms with van der Waals surface area (Å²) in [6.07, 6.45) is 1.75. The Labute approximate surface area is 123 Å². The highest BCUT2D eigenvalue weighted by Crippen LogP contribution is 2.47. The highest BCUT2D eigenvalue weighted by molar-refractivity contribution is 8.03. The van der Waals surface area contributed by atoms with E-state index < -0.39 is 27.9 Å². The predicted molar refractivity (Wildman–Crippen MR) is 76.6 cm³/mol. The van der Waals surface area contributed by atoms with Crippen LogP contribution in [0.5, 0.6) is 0 Å². The molecule has 0 spiro atoms. The van der Waals surface area contributed by atoms with Gasteiger partial charge in [0.05, 0.1) is 0 Å². The van der Waals surface area contributed by atoms with Crippen molar-refractivity contribution < 1.29 is 19.5 Å². The molecule has 0 saturated carbocycles. The smallest absolute Gasteiger partial charge is 0.352 e. The minimum atomic E-state index is -1.51. The summed E-state index contributed by atoms with van der Waals surface area (Å²) >= 11 is 2.27. The molecule has 2 aliphatic heterocycles. The number of carboxylic acids is 1. The Morgan fingerprint density at radius 2 is 2.20 bits per heavy atom. The molecular weight excluding hydrogens is 302 g/mol. The van der Waals surface area contributed by atoms with E-state index in [-0.39, 0.29) is 22.7 Å². The molecule has 20 heavy (non-hydrogen) atoms. The van der Waals surface area contributed by atoms with Gasteiger partial charge in [-0.2, -0.15) is 11.8 Å². The number of aliphatic carboxylic acids is 1. The van der Waals surface area contributed by atoms with Crippen molar-refractivity contribution in [3.8, 4) is 0 Å². The van der Waals surface area contributed by atoms with Gasteiger partial charge in [-0.25, -0.2) is 4.79 Å². The third kappa shape index (κ3) is 1.88. The van der Waals surface area contributed by atoms with Crippen molar-refractivity contribution in [2.24, 2.45) is 5.73 Å². The number of thioether (sulfide) groups is 2. The monoisotopic (exact) mass is 315 g/mol. The average Bonchev–Trinajstić information content (AvgIpc) is 2.39. The molecule has 9 heteroatoms. The van der Waals surface area contributed by atoms with Gasteiger partial charge in [0, 0.05) is 11.3 Å². The molecule has 2 rings (SSSR count). The van der Waals surface area contributed by atoms with Crippen molar-refractivity contribution in [1.29, 1.82) is 5.41 Å². The Kier molecular flexibility index (Phi) is 3.69. The molecule has 0 aliphatic carbocycles. The van der Waals surface area contributed by atoms with Gasteiger partial charge in [0.15, 0.2) is 5.78 Å². The van der Waals surface area contributed by atoms with E-state index in [4.69, 9.17) is 11.1 Å². The minimum Gasteiger partial charge on any atom is -0.477 e. The average molecular weight is 315 g/mol. The number of rotatable bonds is 4. The minimum absolute atomic E-state index is 0.215. The predicted octanol–water partition coefficient (Wildman–Crippen LogP) is -0.133. The van der Waals surface area contributed by atoms with Crippen molar-refractivity contribution >= 4 is 46.9 Å². The summed E-state index contributed by atoms with van der Waals surface area (Å²) in [5.74, 6) is -2.12. The summed E-state index contributed by atoms with van der Waals surface area (Å²) in [5, 5.41) is 16.1. The van der Waals surface area contributed by atoms with Crippen molar-refractivity contribution in [2.75, 3.05) is 12.0 Å². The van der Waals surface area contributed by atoms with Gasteiger partial charge in [-0.3, -0.25) is 19.9 Å². The van der Waals surface area contributed by atoms with Gasteiger partial charge in [0.1, 0.15) is 21.7 Å². The lowest BCUT2D eigenvalue weighted by Crippen LogP contribution is -2.67. The lowest BCUT2D eigenvalue weighted by molar-refractivity contribution is -0.139. The second-order valence-electron chi connectivity index (χ2n) is 4.42. The molecule has 1 fully saturated rings. The molecule has 2 heterocycles. The zero-order valence-corrected chi connectivity index (χ0v) is 12.4. The van der Waals surface area contributed by atoms with Crippen LogP contribution < -0.4 is 5.73 Å². The molecule has 1 amide bonds. The largest absolute Gasteiger partial charge is 0.477 e. The number of carbonyl (C=O) groups excluding carboxylic acids is 2. The maximum Gasteiger partial charge on any atom is 0.352 e. The van der Waals surface area contributed by atoms with Crippen molar-refractivity contribution in [3.05, 3.63) is 11.3 Å². The third-order valence-corrected chi connectivity index (χ3v) is 5.37. The lowest BCUT2D eigenvalue weighted by Gasteiger charge is -2.49. The first-order valence-electron chi connectivity index (χ1n) is 5.61. The molecule has 0 aromatic heterocycles. The molecule has 0 aromatic rings. The van der Waals surface area contributed by atoms with Gasteiger partial charge in [-0.05, 0) is 13.2 Å². The fourth-order valence-electron chi connectivity index (χ4n) is 2.15. The molecule has 108 valence electrons. The number of fused-ring (bicyclic) bond motifs is 1. The lowest BCUT2D eigenvalue weighted by atomic mass is 9.98. The normalized spacial score (nSPS) is 29.1. The number of β-lactam (4-membered cyclic amide) rings is 1. The van der Waals surface area contributed by atoms with Gasteiger partial charge in [-0.15, -0.1) is 0 Å². The zero-order valence-electron chi connectivity index (χ0n) is 10.8. The van der Waals surface area contributed by atoms with Crippen LogP contribution in [0.2, 0.25) is 0 Å². The number of nitrogens with two attached hydrogens (primary N) is 1. The van der Waals surface area contributed by atoms with Crippen LogP contribution >= 0.6 is 23.5 Å². The first-order valence-corrected chi connectivity index (χ1v) is 7.88. The second kappa shape index (κ2) is 4.90. The zero-order chi connectivity index (χ0) is 15.2. The Hall–Kier alpha value is -1.32. The maximum absolute atomic E-state index is 11.9. The van der Waals surface area contributed by atoms with E-state index >= 15 is 0 Å². The van der Waals surface area contributed by atoms with Crippen LogP contribution in [0.4, 0.5) is 0 Å². The van der Waals surface area contributed by atoms with Crippen LogP contribution in [-0.4, -0.2) is 55.6 Å². The van der Waals surface area contributed by atoms with Gasteiger partial charge >= 0.3 is 5.97 Å². The quantitative estimate of drug-likeness (QED) is 0.617. The summed E-state index contributed by atoms with van der Waals surface area (Å²) in [7, 11) is 0. The second-order valence-corrected chi connectivity index (χ2v) is 6.61. The van der Waals surface area contributed by atoms with Gasteiger partial charge in [-0.1, -0.05) is 11.8 Å². The molecule has 7 nitrogen and oxygen atoms in total. The fourth-order valence-corrected chi connectivity index (χ4v) is 4.25. The van der Waals surface area contributed by atoms with Gasteiger partial charge < -0.3 is 10.8 Å². The number of nitrogens with one attached hydrogen (secondary N) is 1. The maximum atomic E-state index is 11.9. The summed E-state index contributed by atoms with van der Waals surface area (Å²) < 4.78 is 0. The highest BCUT2D eigenvalue weighted by Gasteiger charge is 2.58. The van der Waals surface area contributed by atoms with E-state index in [1.54, 1.807) is 6.26 Å². The number of Topliss-reactive ketones (excluding diaryl/α,β-unsaturated/α-hetero) is 1. The summed E-state index contributed by atoms with van der Waals surface area (Å²) in [6.45, 7) is 1.28. The molecule has 2 atom stereocenters. The molecule has 1 unspecified atom stereocenters. The fraction of sp³-hybridized carbons (Fsp3) is 0.455. The summed E-state index contributed by atoms with van der Waals surface area (Å²) in [6, 6.07) is 0. The van der Waals surface area contributed by atoms with Crippen LogP contribution in [0.15, 0.2) is 11.3 Å². The topological polar surface area (TPSA) is 125 Å². The van der Waals surface area contributed by atoms with Gasteiger partial charge in [0.25, 0.3) is 5.91 Å². The standard InChI is InChI=1S/C11H13N3O4S2/c1-4(15)11(13)5(3-19-2)7(10(17)18)14-8(16)6(12)9(14)20-11/h9,12H,3,13H2,1-2H3,(H,17,18)/t9-,11?/m1/s1. The van der Waals surface area contributed by atoms with E-state index in [1.165, 1.54) is 18.7 Å². The number of nitrogens with zero attached hydrogens (tertiary/aromatic N) is 1. The van der Waals surface area contributed by atoms with Crippen LogP contribution in [0.25, 0.3) is 0 Å². The summed E-state index contributed by atoms with van der Waals surface area (Å²) in [5.41, 5.74) is 5.82. The van der Waals surface area contributed by atoms with E-state index in [0.29, 0.717) is 0 Å². The van der Waals surface area contributed by atoms with E-state index in [9.17, 15) is 19.5 Å². The number of ketones is 1. The van der Waals surface area contributed by atoms with Crippen molar-refractivity contribution in [2.45, 2.75) is 17.2 Å². The molecular formula is C11H13N3O4S2. The SMILES string of the molecule is CSCC1=C(C(=O)O)N2C(=O)C(=N)[C@H]2SC1(N)C(C)=O. The molecule has 4 N–H and O–H groups in total. The first-order chi connectivity index (χ1) is 9.25. The number of amides is 1. The van der Waals surface area contributed by atoms with Crippen molar-refractivity contribution in [1.82, 2.24) is 4.90 Å². The molecule has 0 bridgehead atoms. The molecule has 0 aromatic carbocycles. The Morgan fingerprint density at radius 3 is 2.65 bits per heavy atom. The summed E-state index contributed by atoms with van der Waals surface area (Å²) in [4.78, 5) is 34.6. The van der Waals surface area contributed by atoms with Crippen molar-refractivity contribution in [3.63, 3.8) is 0 Å². The van der Waals surface area contributed by atoms with Crippen LogP contribution in [0.3, 0.4) is 0 Å². The van der Waals surface area contributed by atoms with Crippen LogP contribution in [0, 0.1) is 5.41 Å². The number of hydrogen-bond acceptors (Lipinski definition) is 7. The Balaban J connectivity index is 2.65. The number of carboxylic acid groups (broad SMARTS) is 1. The molecule has 0 radical (unpaired) electrons. The number of hydrogen-bond donors (Lipinski definition) is 3. The molecule has 2 aliphatic rings. The van der Waals surface area contributed by atoms with Gasteiger partial charge in [0.2, 0.25) is 0 Å². The highest BCUT2D eigenvalue weighted by atomic mass is 32.2. The third-order valence-electron chi connectivity index (χ3n) is 3.22. The van der Waals surface area contributed by atoms with E-state index in [0.717, 1.165) is 16.7 Å².